The van der Waals surface area contributed by atoms with Crippen molar-refractivity contribution in [1.82, 2.24) is 4.72 Å². The summed E-state index contributed by atoms with van der Waals surface area (Å²) in [5, 5.41) is 3.13. The van der Waals surface area contributed by atoms with Crippen molar-refractivity contribution in [2.75, 3.05) is 11.9 Å². The highest BCUT2D eigenvalue weighted by molar-refractivity contribution is 7.89. The van der Waals surface area contributed by atoms with Crippen LogP contribution >= 0.6 is 0 Å². The van der Waals surface area contributed by atoms with E-state index in [0.29, 0.717) is 12.2 Å². The number of hydrogen-bond acceptors (Lipinski definition) is 3. The van der Waals surface area contributed by atoms with Crippen LogP contribution in [-0.4, -0.2) is 21.0 Å². The molecule has 0 heterocycles. The van der Waals surface area contributed by atoms with Crippen LogP contribution in [0.4, 0.5) is 5.69 Å². The third-order valence-electron chi connectivity index (χ3n) is 2.83. The fraction of sp³-hybridized carbons (Fsp3) is 0.467. The van der Waals surface area contributed by atoms with Crippen molar-refractivity contribution in [2.24, 2.45) is 0 Å². The second kappa shape index (κ2) is 7.93. The maximum absolute atomic E-state index is 12.2. The molecule has 4 nitrogen and oxygen atoms in total. The summed E-state index contributed by atoms with van der Waals surface area (Å²) < 4.78 is 27.0. The molecule has 110 valence electrons. The molecular formula is C15H22N2O2S. The van der Waals surface area contributed by atoms with Crippen molar-refractivity contribution in [3.8, 4) is 12.3 Å². The predicted molar refractivity (Wildman–Crippen MR) is 83.1 cm³/mol. The lowest BCUT2D eigenvalue weighted by atomic mass is 10.1. The zero-order valence-corrected chi connectivity index (χ0v) is 12.8. The summed E-state index contributed by atoms with van der Waals surface area (Å²) in [6.45, 7) is 4.38. The first kappa shape index (κ1) is 16.5. The Hall–Kier alpha value is -1.51. The number of sulfonamides is 1. The summed E-state index contributed by atoms with van der Waals surface area (Å²) in [6, 6.07) is 6.65. The number of benzene rings is 1. The minimum Gasteiger partial charge on any atom is -0.370 e. The molecule has 0 aliphatic carbocycles. The molecule has 20 heavy (non-hydrogen) atoms. The summed E-state index contributed by atoms with van der Waals surface area (Å²) in [5.74, 6) is 2.65. The van der Waals surface area contributed by atoms with Gasteiger partial charge < -0.3 is 5.32 Å². The van der Waals surface area contributed by atoms with Gasteiger partial charge in [0.1, 0.15) is 4.90 Å². The Bertz CT molecular complexity index is 561. The van der Waals surface area contributed by atoms with Crippen LogP contribution in [0.25, 0.3) is 0 Å². The van der Waals surface area contributed by atoms with E-state index in [4.69, 9.17) is 6.42 Å². The van der Waals surface area contributed by atoms with Gasteiger partial charge in [0.2, 0.25) is 10.0 Å². The van der Waals surface area contributed by atoms with Gasteiger partial charge in [-0.3, -0.25) is 0 Å². The fourth-order valence-corrected chi connectivity index (χ4v) is 3.11. The summed E-state index contributed by atoms with van der Waals surface area (Å²) in [4.78, 5) is 0.241. The van der Waals surface area contributed by atoms with Crippen LogP contribution in [0.2, 0.25) is 0 Å². The number of para-hydroxylation sites is 1. The molecule has 0 bridgehead atoms. The second-order valence-electron chi connectivity index (χ2n) is 4.55. The van der Waals surface area contributed by atoms with E-state index >= 15 is 0 Å². The van der Waals surface area contributed by atoms with Crippen molar-refractivity contribution in [3.05, 3.63) is 24.3 Å². The summed E-state index contributed by atoms with van der Waals surface area (Å²) in [7, 11) is -3.50. The van der Waals surface area contributed by atoms with Gasteiger partial charge in [0.05, 0.1) is 11.7 Å². The minimum atomic E-state index is -3.50. The molecule has 0 amide bonds. The molecule has 1 aromatic carbocycles. The van der Waals surface area contributed by atoms with Gasteiger partial charge >= 0.3 is 0 Å². The zero-order valence-electron chi connectivity index (χ0n) is 12.0. The molecular weight excluding hydrogens is 272 g/mol. The van der Waals surface area contributed by atoms with Crippen molar-refractivity contribution in [1.29, 1.82) is 0 Å². The number of nitrogens with one attached hydrogen (secondary N) is 2. The molecule has 1 atom stereocenters. The van der Waals surface area contributed by atoms with E-state index in [1.807, 2.05) is 13.8 Å². The third kappa shape index (κ3) is 4.55. The van der Waals surface area contributed by atoms with Crippen LogP contribution in [-0.2, 0) is 10.0 Å². The number of hydrogen-bond donors (Lipinski definition) is 2. The summed E-state index contributed by atoms with van der Waals surface area (Å²) in [5.41, 5.74) is 0.549. The van der Waals surface area contributed by atoms with Crippen molar-refractivity contribution < 1.29 is 8.42 Å². The highest BCUT2D eigenvalue weighted by atomic mass is 32.2. The quantitative estimate of drug-likeness (QED) is 0.725. The van der Waals surface area contributed by atoms with E-state index in [1.165, 1.54) is 0 Å². The average Bonchev–Trinajstić information content (AvgIpc) is 2.45. The molecule has 0 saturated heterocycles. The van der Waals surface area contributed by atoms with Gasteiger partial charge in [0, 0.05) is 6.54 Å². The van der Waals surface area contributed by atoms with Gasteiger partial charge in [-0.1, -0.05) is 38.3 Å². The Morgan fingerprint density at radius 2 is 1.95 bits per heavy atom. The fourth-order valence-electron chi connectivity index (χ4n) is 1.81. The lowest BCUT2D eigenvalue weighted by molar-refractivity contribution is 0.581. The Morgan fingerprint density at radius 1 is 1.25 bits per heavy atom. The standard InChI is InChI=1S/C15H22N2O2S/c1-4-9-13(6-3)17-14-10-7-8-11-15(14)20(18,19)16-12-5-2/h3,7-8,10-11,13,16-17H,4-5,9,12H2,1-2H3. The lowest BCUT2D eigenvalue weighted by Gasteiger charge is -2.17. The van der Waals surface area contributed by atoms with Gasteiger partial charge in [-0.2, -0.15) is 0 Å². The lowest BCUT2D eigenvalue weighted by Crippen LogP contribution is -2.26. The summed E-state index contributed by atoms with van der Waals surface area (Å²) >= 11 is 0. The van der Waals surface area contributed by atoms with E-state index in [1.54, 1.807) is 24.3 Å². The van der Waals surface area contributed by atoms with E-state index in [-0.39, 0.29) is 10.9 Å². The average molecular weight is 294 g/mol. The van der Waals surface area contributed by atoms with Crippen molar-refractivity contribution >= 4 is 15.7 Å². The van der Waals surface area contributed by atoms with Gasteiger partial charge in [0.25, 0.3) is 0 Å². The molecule has 0 spiro atoms. The third-order valence-corrected chi connectivity index (χ3v) is 4.35. The Labute approximate surface area is 122 Å². The van der Waals surface area contributed by atoms with Crippen molar-refractivity contribution in [2.45, 2.75) is 44.0 Å². The number of anilines is 1. The topological polar surface area (TPSA) is 58.2 Å². The first-order valence-corrected chi connectivity index (χ1v) is 8.34. The molecule has 0 fully saturated rings. The van der Waals surface area contributed by atoms with E-state index in [0.717, 1.165) is 19.3 Å². The minimum absolute atomic E-state index is 0.164. The first-order valence-electron chi connectivity index (χ1n) is 6.86. The number of terminal acetylenes is 1. The molecule has 0 aromatic heterocycles. The molecule has 0 radical (unpaired) electrons. The maximum atomic E-state index is 12.2. The smallest absolute Gasteiger partial charge is 0.242 e. The number of rotatable bonds is 8. The van der Waals surface area contributed by atoms with E-state index < -0.39 is 10.0 Å². The molecule has 2 N–H and O–H groups in total. The van der Waals surface area contributed by atoms with Gasteiger partial charge in [-0.25, -0.2) is 13.1 Å². The van der Waals surface area contributed by atoms with E-state index in [2.05, 4.69) is 16.0 Å². The van der Waals surface area contributed by atoms with Gasteiger partial charge in [0.15, 0.2) is 0 Å². The Morgan fingerprint density at radius 3 is 2.55 bits per heavy atom. The molecule has 1 unspecified atom stereocenters. The van der Waals surface area contributed by atoms with Gasteiger partial charge in [-0.05, 0) is 25.0 Å². The second-order valence-corrected chi connectivity index (χ2v) is 6.28. The maximum Gasteiger partial charge on any atom is 0.242 e. The largest absolute Gasteiger partial charge is 0.370 e. The molecule has 0 aliphatic heterocycles. The summed E-state index contributed by atoms with van der Waals surface area (Å²) in [6.07, 6.45) is 7.95. The van der Waals surface area contributed by atoms with Crippen LogP contribution < -0.4 is 10.0 Å². The van der Waals surface area contributed by atoms with Crippen LogP contribution in [0, 0.1) is 12.3 Å². The molecule has 1 aromatic rings. The van der Waals surface area contributed by atoms with Crippen LogP contribution in [0.5, 0.6) is 0 Å². The highest BCUT2D eigenvalue weighted by Gasteiger charge is 2.18. The van der Waals surface area contributed by atoms with Crippen LogP contribution in [0.1, 0.15) is 33.1 Å². The first-order chi connectivity index (χ1) is 9.55. The Balaban J connectivity index is 3.02. The molecule has 1 rings (SSSR count). The predicted octanol–water partition coefficient (Wildman–Crippen LogP) is 2.59. The van der Waals surface area contributed by atoms with Crippen LogP contribution in [0.3, 0.4) is 0 Å². The monoisotopic (exact) mass is 294 g/mol. The zero-order chi connectivity index (χ0) is 15.0. The normalized spacial score (nSPS) is 12.7. The molecule has 0 aliphatic rings. The SMILES string of the molecule is C#CC(CCC)Nc1ccccc1S(=O)(=O)NCCC. The van der Waals surface area contributed by atoms with E-state index in [9.17, 15) is 8.42 Å². The van der Waals surface area contributed by atoms with Crippen molar-refractivity contribution in [3.63, 3.8) is 0 Å². The highest BCUT2D eigenvalue weighted by Crippen LogP contribution is 2.22. The van der Waals surface area contributed by atoms with Crippen LogP contribution in [0.15, 0.2) is 29.2 Å². The Kier molecular flexibility index (Phi) is 6.56. The molecule has 5 heteroatoms. The van der Waals surface area contributed by atoms with Gasteiger partial charge in [-0.15, -0.1) is 6.42 Å². The molecule has 0 saturated carbocycles.